The van der Waals surface area contributed by atoms with Gasteiger partial charge in [0.15, 0.2) is 0 Å². The molecule has 0 amide bonds. The highest BCUT2D eigenvalue weighted by Crippen LogP contribution is 2.58. The van der Waals surface area contributed by atoms with Gasteiger partial charge in [0, 0.05) is 55.8 Å². The maximum atomic E-state index is 2.85. The lowest BCUT2D eigenvalue weighted by Gasteiger charge is -2.46. The van der Waals surface area contributed by atoms with Gasteiger partial charge in [0.25, 0.3) is 6.71 Å². The summed E-state index contributed by atoms with van der Waals surface area (Å²) in [5.74, 6) is 0. The second-order valence-electron chi connectivity index (χ2n) is 51.0. The van der Waals surface area contributed by atoms with Crippen LogP contribution in [0.1, 0.15) is 316 Å². The van der Waals surface area contributed by atoms with Crippen LogP contribution in [0.2, 0.25) is 0 Å². The van der Waals surface area contributed by atoms with Crippen LogP contribution in [0.25, 0.3) is 94.3 Å². The van der Waals surface area contributed by atoms with E-state index in [4.69, 9.17) is 0 Å². The highest BCUT2D eigenvalue weighted by atomic mass is 15.2. The van der Waals surface area contributed by atoms with Crippen molar-refractivity contribution in [3.05, 3.63) is 309 Å². The topological polar surface area (TPSA) is 11.4 Å². The molecule has 14 aromatic rings. The van der Waals surface area contributed by atoms with Gasteiger partial charge in [0.05, 0.1) is 28.1 Å². The largest absolute Gasteiger partial charge is 0.310 e. The Bertz CT molecular complexity index is 6610. The summed E-state index contributed by atoms with van der Waals surface area (Å²) in [5.41, 5.74) is 42.1. The first-order valence-electron chi connectivity index (χ1n) is 48.3. The lowest BCUT2D eigenvalue weighted by Crippen LogP contribution is -2.61. The first-order chi connectivity index (χ1) is 60.0. The normalized spacial score (nSPS) is 14.0. The monoisotopic (exact) mass is 1710 g/mol. The van der Waals surface area contributed by atoms with Crippen molar-refractivity contribution in [2.75, 3.05) is 9.80 Å². The minimum absolute atomic E-state index is 0.0881. The van der Waals surface area contributed by atoms with Crippen LogP contribution < -0.4 is 26.2 Å². The summed E-state index contributed by atoms with van der Waals surface area (Å²) in [6.45, 7) is 85.5. The van der Waals surface area contributed by atoms with Crippen molar-refractivity contribution in [3.63, 3.8) is 0 Å². The van der Waals surface area contributed by atoms with Gasteiger partial charge < -0.3 is 14.4 Å². The van der Waals surface area contributed by atoms with E-state index in [0.29, 0.717) is 0 Å². The van der Waals surface area contributed by atoms with Gasteiger partial charge in [-0.2, -0.15) is 0 Å². The Labute approximate surface area is 784 Å². The van der Waals surface area contributed by atoms with Gasteiger partial charge in [-0.15, -0.1) is 0 Å². The molecule has 16 rings (SSSR count). The Balaban J connectivity index is 1.20. The molecule has 0 atom stereocenters. The number of hydrogen-bond acceptors (Lipinski definition) is 2. The molecule has 3 heterocycles. The SMILES string of the molecule is CC(C)(C)c1ccc(-c2cccc(-c3ccc(C(C)(C)C)cc3C(C)(C)C)c2N2c3cc(-c4cc(C(C)(C)C)cc(C(C)(C)C)c4)ccc3B3c4ccc(-c5cc(C(C)(C)C)cc(C(C)(C)C)c5)cc4N(c4c(-c5ccc(C(C)(C)C)cc5)cccc4-c4c(C(C)(C)C)cccc4C(C)(C)C)c4cc(-n5c6ccc(C(C)(C)C)cc6c6cc(C(C)(C)C)ccc65)cc2c43)cc1. The lowest BCUT2D eigenvalue weighted by atomic mass is 9.33. The fourth-order valence-corrected chi connectivity index (χ4v) is 20.2. The number of para-hydroxylation sites is 2. The number of rotatable bonds is 9. The summed E-state index contributed by atoms with van der Waals surface area (Å²) in [7, 11) is 0. The molecule has 13 aromatic carbocycles. The second kappa shape index (κ2) is 31.5. The van der Waals surface area contributed by atoms with Crippen LogP contribution in [-0.4, -0.2) is 11.3 Å². The van der Waals surface area contributed by atoms with Crippen LogP contribution in [0.4, 0.5) is 34.1 Å². The molecule has 670 valence electrons. The van der Waals surface area contributed by atoms with Crippen LogP contribution in [-0.2, 0) is 65.0 Å². The third-order valence-electron chi connectivity index (χ3n) is 28.4. The van der Waals surface area contributed by atoms with Crippen LogP contribution in [0.3, 0.4) is 0 Å². The molecule has 0 N–H and O–H groups in total. The first kappa shape index (κ1) is 92.6. The average molecular weight is 1720 g/mol. The maximum Gasteiger partial charge on any atom is 0.252 e. The maximum absolute atomic E-state index is 2.85. The van der Waals surface area contributed by atoms with Crippen molar-refractivity contribution >= 4 is 79.0 Å². The highest BCUT2D eigenvalue weighted by Gasteiger charge is 2.47. The molecule has 3 nitrogen and oxygen atoms in total. The number of anilines is 6. The van der Waals surface area contributed by atoms with E-state index >= 15 is 0 Å². The molecule has 0 bridgehead atoms. The van der Waals surface area contributed by atoms with Crippen molar-refractivity contribution < 1.29 is 0 Å². The molecule has 130 heavy (non-hydrogen) atoms. The van der Waals surface area contributed by atoms with Gasteiger partial charge in [-0.25, -0.2) is 0 Å². The van der Waals surface area contributed by atoms with E-state index in [1.165, 1.54) is 138 Å². The lowest BCUT2D eigenvalue weighted by molar-refractivity contribution is 0.568. The molecule has 0 saturated heterocycles. The third-order valence-corrected chi connectivity index (χ3v) is 28.4. The molecular weight excluding hydrogens is 1570 g/mol. The second-order valence-corrected chi connectivity index (χ2v) is 51.0. The Morgan fingerprint density at radius 3 is 0.862 bits per heavy atom. The minimum atomic E-state index is -0.315. The third kappa shape index (κ3) is 17.1. The van der Waals surface area contributed by atoms with E-state index in [-0.39, 0.29) is 71.7 Å². The van der Waals surface area contributed by atoms with E-state index in [1.807, 2.05) is 0 Å². The zero-order chi connectivity index (χ0) is 94.5. The summed E-state index contributed by atoms with van der Waals surface area (Å²) in [5, 5.41) is 2.49. The van der Waals surface area contributed by atoms with Crippen LogP contribution in [0.5, 0.6) is 0 Å². The Hall–Kier alpha value is -10.7. The van der Waals surface area contributed by atoms with Crippen molar-refractivity contribution in [2.45, 2.75) is 314 Å². The van der Waals surface area contributed by atoms with Crippen molar-refractivity contribution in [1.82, 2.24) is 4.57 Å². The molecule has 2 aliphatic rings. The van der Waals surface area contributed by atoms with E-state index in [0.717, 1.165) is 73.1 Å². The van der Waals surface area contributed by atoms with Gasteiger partial charge in [-0.1, -0.05) is 443 Å². The van der Waals surface area contributed by atoms with E-state index in [1.54, 1.807) is 0 Å². The summed E-state index contributed by atoms with van der Waals surface area (Å²) < 4.78 is 2.67. The molecular formula is C126H148BN3. The van der Waals surface area contributed by atoms with Gasteiger partial charge in [0.1, 0.15) is 0 Å². The Morgan fingerprint density at radius 2 is 0.508 bits per heavy atom. The average Bonchev–Trinajstić information content (AvgIpc) is 1.19. The summed E-state index contributed by atoms with van der Waals surface area (Å²) in [6.07, 6.45) is 0. The fraction of sp³-hybridized carbons (Fsp3) is 0.381. The Kier molecular flexibility index (Phi) is 22.4. The number of aromatic nitrogens is 1. The van der Waals surface area contributed by atoms with Crippen LogP contribution in [0, 0.1) is 0 Å². The van der Waals surface area contributed by atoms with Gasteiger partial charge >= 0.3 is 0 Å². The van der Waals surface area contributed by atoms with Crippen LogP contribution >= 0.6 is 0 Å². The highest BCUT2D eigenvalue weighted by molar-refractivity contribution is 7.00. The van der Waals surface area contributed by atoms with E-state index < -0.39 is 0 Å². The van der Waals surface area contributed by atoms with E-state index in [9.17, 15) is 0 Å². The molecule has 4 heteroatoms. The molecule has 0 radical (unpaired) electrons. The van der Waals surface area contributed by atoms with E-state index in [2.05, 4.69) is 506 Å². The quantitative estimate of drug-likeness (QED) is 0.133. The molecule has 2 aliphatic heterocycles. The van der Waals surface area contributed by atoms with Crippen LogP contribution in [0.15, 0.2) is 243 Å². The molecule has 0 spiro atoms. The number of nitrogens with zero attached hydrogens (tertiary/aromatic N) is 3. The zero-order valence-corrected chi connectivity index (χ0v) is 86.0. The zero-order valence-electron chi connectivity index (χ0n) is 86.0. The number of hydrogen-bond donors (Lipinski definition) is 0. The van der Waals surface area contributed by atoms with Crippen molar-refractivity contribution in [1.29, 1.82) is 0 Å². The summed E-state index contributed by atoms with van der Waals surface area (Å²) in [4.78, 5) is 5.68. The fourth-order valence-electron chi connectivity index (χ4n) is 20.2. The molecule has 0 saturated carbocycles. The number of benzene rings is 13. The van der Waals surface area contributed by atoms with Gasteiger partial charge in [-0.3, -0.25) is 0 Å². The summed E-state index contributed by atoms with van der Waals surface area (Å²) >= 11 is 0. The standard InChI is InChI=1S/C126H148BN3/c1-115(2,3)83-52-46-77(47-53-83)93-40-37-42-96(95-59-56-87(119(13,14)15)74-102(95)126(34,35)36)113(93)129-107-68-79(81-64-88(120(16,17)18)70-89(65-81)121(19,20)21)50-60-103(107)127-104-61-51-80(82-66-90(122(22,23)24)71-91(67-82)123(25,26)27)69-108(104)130(110-76-92(75-109(129)112(110)127)128-105-62-57-85(117(7,8)9)72-98(105)99-73-86(118(10,11)12)58-63-106(99)128)114-94(78-48-54-84(55-49-78)116(4,5)6)41-38-43-97(114)111-100(124(28,29)30)44-39-45-101(111)125(31,32)33/h37-76H,1-36H3. The van der Waals surface area contributed by atoms with Crippen molar-refractivity contribution in [3.8, 4) is 72.4 Å². The molecule has 1 aromatic heterocycles. The van der Waals surface area contributed by atoms with Gasteiger partial charge in [0.2, 0.25) is 0 Å². The predicted octanol–water partition coefficient (Wildman–Crippen LogP) is 34.4. The van der Waals surface area contributed by atoms with Crippen molar-refractivity contribution in [2.24, 2.45) is 0 Å². The molecule has 0 unspecified atom stereocenters. The smallest absolute Gasteiger partial charge is 0.252 e. The first-order valence-corrected chi connectivity index (χ1v) is 48.3. The molecule has 0 aliphatic carbocycles. The minimum Gasteiger partial charge on any atom is -0.310 e. The van der Waals surface area contributed by atoms with Gasteiger partial charge in [-0.05, 0) is 241 Å². The molecule has 0 fully saturated rings. The Morgan fingerprint density at radius 1 is 0.200 bits per heavy atom. The summed E-state index contributed by atoms with van der Waals surface area (Å²) in [6, 6.07) is 99.3. The number of fused-ring (bicyclic) bond motifs is 7. The predicted molar refractivity (Wildman–Crippen MR) is 572 cm³/mol.